The Kier molecular flexibility index (Phi) is 4.68. The van der Waals surface area contributed by atoms with Crippen LogP contribution in [-0.4, -0.2) is 31.1 Å². The first-order valence-corrected chi connectivity index (χ1v) is 6.55. The molecule has 0 bridgehead atoms. The lowest BCUT2D eigenvalue weighted by atomic mass is 10.2. The van der Waals surface area contributed by atoms with Gasteiger partial charge >= 0.3 is 0 Å². The number of likely N-dealkylation sites (tertiary alicyclic amines) is 1. The highest BCUT2D eigenvalue weighted by Crippen LogP contribution is 2.13. The molecule has 17 heavy (non-hydrogen) atoms. The topological polar surface area (TPSA) is 38.5 Å². The Hall–Kier alpha value is -1.22. The molecule has 1 aromatic rings. The maximum atomic E-state index is 5.71. The van der Waals surface area contributed by atoms with E-state index in [1.54, 1.807) is 0 Å². The third-order valence-electron chi connectivity index (χ3n) is 3.26. The molecule has 3 heteroatoms. The first-order chi connectivity index (χ1) is 8.34. The average Bonchev–Trinajstić information content (AvgIpc) is 2.60. The van der Waals surface area contributed by atoms with Gasteiger partial charge in [0.15, 0.2) is 0 Å². The number of nitrogen functional groups attached to an aromatic ring is 1. The maximum absolute atomic E-state index is 5.71. The minimum Gasteiger partial charge on any atom is -0.492 e. The summed E-state index contributed by atoms with van der Waals surface area (Å²) < 4.78 is 5.71. The normalized spacial score (nSPS) is 17.6. The van der Waals surface area contributed by atoms with Crippen LogP contribution in [0.25, 0.3) is 0 Å². The smallest absolute Gasteiger partial charge is 0.119 e. The van der Waals surface area contributed by atoms with Crippen LogP contribution < -0.4 is 10.5 Å². The lowest BCUT2D eigenvalue weighted by Gasteiger charge is -2.19. The summed E-state index contributed by atoms with van der Waals surface area (Å²) in [6.45, 7) is 4.25. The molecule has 1 aromatic carbocycles. The molecular formula is C14H22N2O. The van der Waals surface area contributed by atoms with Gasteiger partial charge in [-0.3, -0.25) is 4.90 Å². The van der Waals surface area contributed by atoms with Crippen molar-refractivity contribution in [3.8, 4) is 5.75 Å². The quantitative estimate of drug-likeness (QED) is 0.814. The largest absolute Gasteiger partial charge is 0.492 e. The molecule has 0 saturated carbocycles. The Morgan fingerprint density at radius 3 is 2.29 bits per heavy atom. The second-order valence-electron chi connectivity index (χ2n) is 4.67. The van der Waals surface area contributed by atoms with Crippen LogP contribution >= 0.6 is 0 Å². The van der Waals surface area contributed by atoms with Gasteiger partial charge in [0.2, 0.25) is 0 Å². The summed E-state index contributed by atoms with van der Waals surface area (Å²) in [5.74, 6) is 0.911. The molecular weight excluding hydrogens is 212 g/mol. The summed E-state index contributed by atoms with van der Waals surface area (Å²) in [6, 6.07) is 7.61. The monoisotopic (exact) mass is 234 g/mol. The van der Waals surface area contributed by atoms with Crippen molar-refractivity contribution in [1.82, 2.24) is 4.90 Å². The lowest BCUT2D eigenvalue weighted by molar-refractivity contribution is 0.214. The first kappa shape index (κ1) is 12.2. The van der Waals surface area contributed by atoms with Crippen molar-refractivity contribution in [2.75, 3.05) is 32.0 Å². The fourth-order valence-electron chi connectivity index (χ4n) is 2.22. The second-order valence-corrected chi connectivity index (χ2v) is 4.67. The third-order valence-corrected chi connectivity index (χ3v) is 3.26. The van der Waals surface area contributed by atoms with E-state index >= 15 is 0 Å². The molecule has 1 heterocycles. The van der Waals surface area contributed by atoms with Gasteiger partial charge in [0, 0.05) is 12.2 Å². The minimum atomic E-state index is 0.768. The molecule has 0 spiro atoms. The molecule has 94 valence electrons. The number of nitrogens with zero attached hydrogens (tertiary/aromatic N) is 1. The van der Waals surface area contributed by atoms with E-state index < -0.39 is 0 Å². The zero-order valence-corrected chi connectivity index (χ0v) is 10.4. The van der Waals surface area contributed by atoms with E-state index in [2.05, 4.69) is 4.90 Å². The van der Waals surface area contributed by atoms with Crippen LogP contribution in [0, 0.1) is 0 Å². The van der Waals surface area contributed by atoms with Crippen LogP contribution in [0.4, 0.5) is 5.69 Å². The number of rotatable bonds is 4. The molecule has 0 radical (unpaired) electrons. The van der Waals surface area contributed by atoms with Gasteiger partial charge in [0.1, 0.15) is 12.4 Å². The summed E-state index contributed by atoms with van der Waals surface area (Å²) in [7, 11) is 0. The van der Waals surface area contributed by atoms with Crippen molar-refractivity contribution in [3.05, 3.63) is 24.3 Å². The van der Waals surface area contributed by atoms with Gasteiger partial charge in [-0.15, -0.1) is 0 Å². The zero-order chi connectivity index (χ0) is 11.9. The molecule has 0 aromatic heterocycles. The van der Waals surface area contributed by atoms with Crippen molar-refractivity contribution in [1.29, 1.82) is 0 Å². The van der Waals surface area contributed by atoms with Crippen LogP contribution in [0.1, 0.15) is 25.7 Å². The van der Waals surface area contributed by atoms with Crippen molar-refractivity contribution in [3.63, 3.8) is 0 Å². The molecule has 2 rings (SSSR count). The van der Waals surface area contributed by atoms with Gasteiger partial charge in [0.05, 0.1) is 0 Å². The van der Waals surface area contributed by atoms with Gasteiger partial charge < -0.3 is 10.5 Å². The molecule has 0 aliphatic carbocycles. The Morgan fingerprint density at radius 2 is 1.65 bits per heavy atom. The highest BCUT2D eigenvalue weighted by atomic mass is 16.5. The van der Waals surface area contributed by atoms with Crippen LogP contribution in [0.5, 0.6) is 5.75 Å². The molecule has 2 N–H and O–H groups in total. The van der Waals surface area contributed by atoms with Crippen molar-refractivity contribution < 1.29 is 4.74 Å². The molecule has 0 amide bonds. The fourth-order valence-corrected chi connectivity index (χ4v) is 2.22. The van der Waals surface area contributed by atoms with E-state index in [9.17, 15) is 0 Å². The van der Waals surface area contributed by atoms with Crippen LogP contribution in [0.15, 0.2) is 24.3 Å². The van der Waals surface area contributed by atoms with Crippen molar-refractivity contribution >= 4 is 5.69 Å². The summed E-state index contributed by atoms with van der Waals surface area (Å²) in [5.41, 5.74) is 6.41. The highest BCUT2D eigenvalue weighted by Gasteiger charge is 2.08. The zero-order valence-electron chi connectivity index (χ0n) is 10.4. The Morgan fingerprint density at radius 1 is 1.00 bits per heavy atom. The number of hydrogen-bond acceptors (Lipinski definition) is 3. The molecule has 0 unspecified atom stereocenters. The summed E-state index contributed by atoms with van der Waals surface area (Å²) in [5, 5.41) is 0. The highest BCUT2D eigenvalue weighted by molar-refractivity contribution is 5.41. The standard InChI is InChI=1S/C14H22N2O/c15-13-5-7-14(8-6-13)17-12-11-16-9-3-1-2-4-10-16/h5-8H,1-4,9-12,15H2. The Labute approximate surface area is 104 Å². The second kappa shape index (κ2) is 6.50. The van der Waals surface area contributed by atoms with Crippen LogP contribution in [-0.2, 0) is 0 Å². The number of ether oxygens (including phenoxy) is 1. The number of nitrogens with two attached hydrogens (primary N) is 1. The van der Waals surface area contributed by atoms with Gasteiger partial charge in [-0.05, 0) is 50.2 Å². The predicted molar refractivity (Wildman–Crippen MR) is 71.3 cm³/mol. The molecule has 1 fully saturated rings. The number of anilines is 1. The third kappa shape index (κ3) is 4.27. The average molecular weight is 234 g/mol. The fraction of sp³-hybridized carbons (Fsp3) is 0.571. The summed E-state index contributed by atoms with van der Waals surface area (Å²) in [4.78, 5) is 2.50. The summed E-state index contributed by atoms with van der Waals surface area (Å²) in [6.07, 6.45) is 5.44. The van der Waals surface area contributed by atoms with Crippen LogP contribution in [0.2, 0.25) is 0 Å². The minimum absolute atomic E-state index is 0.768. The van der Waals surface area contributed by atoms with E-state index in [-0.39, 0.29) is 0 Å². The molecule has 0 atom stereocenters. The number of hydrogen-bond donors (Lipinski definition) is 1. The van der Waals surface area contributed by atoms with Gasteiger partial charge in [-0.2, -0.15) is 0 Å². The number of benzene rings is 1. The SMILES string of the molecule is Nc1ccc(OCCN2CCCCCC2)cc1. The van der Waals surface area contributed by atoms with E-state index in [0.29, 0.717) is 0 Å². The van der Waals surface area contributed by atoms with Gasteiger partial charge in [0.25, 0.3) is 0 Å². The van der Waals surface area contributed by atoms with E-state index in [1.807, 2.05) is 24.3 Å². The summed E-state index contributed by atoms with van der Waals surface area (Å²) >= 11 is 0. The molecule has 1 aliphatic rings. The molecule has 1 aliphatic heterocycles. The Balaban J connectivity index is 1.69. The Bertz CT molecular complexity index is 315. The van der Waals surface area contributed by atoms with E-state index in [0.717, 1.165) is 24.6 Å². The lowest BCUT2D eigenvalue weighted by Crippen LogP contribution is -2.29. The maximum Gasteiger partial charge on any atom is 0.119 e. The predicted octanol–water partition coefficient (Wildman–Crippen LogP) is 2.52. The van der Waals surface area contributed by atoms with E-state index in [4.69, 9.17) is 10.5 Å². The first-order valence-electron chi connectivity index (χ1n) is 6.55. The van der Waals surface area contributed by atoms with Crippen LogP contribution in [0.3, 0.4) is 0 Å². The van der Waals surface area contributed by atoms with Gasteiger partial charge in [-0.1, -0.05) is 12.8 Å². The van der Waals surface area contributed by atoms with Crippen molar-refractivity contribution in [2.24, 2.45) is 0 Å². The van der Waals surface area contributed by atoms with Crippen molar-refractivity contribution in [2.45, 2.75) is 25.7 Å². The molecule has 1 saturated heterocycles. The molecule has 3 nitrogen and oxygen atoms in total. The van der Waals surface area contributed by atoms with Gasteiger partial charge in [-0.25, -0.2) is 0 Å². The van der Waals surface area contributed by atoms with E-state index in [1.165, 1.54) is 38.8 Å².